The maximum Gasteiger partial charge on any atom is 0.122 e. The van der Waals surface area contributed by atoms with Gasteiger partial charge < -0.3 is 10.3 Å². The summed E-state index contributed by atoms with van der Waals surface area (Å²) in [4.78, 5) is 0. The SMILES string of the molecule is CCCCCc1c(N)cc(C#N)n1Cc1ccc(C)cc1. The number of nitrogens with two attached hydrogens (primary N) is 1. The Morgan fingerprint density at radius 1 is 1.19 bits per heavy atom. The Morgan fingerprint density at radius 2 is 1.90 bits per heavy atom. The van der Waals surface area contributed by atoms with E-state index in [0.717, 1.165) is 24.2 Å². The largest absolute Gasteiger partial charge is 0.397 e. The van der Waals surface area contributed by atoms with Gasteiger partial charge in [-0.2, -0.15) is 5.26 Å². The summed E-state index contributed by atoms with van der Waals surface area (Å²) in [5.41, 5.74) is 11.0. The van der Waals surface area contributed by atoms with Gasteiger partial charge in [-0.15, -0.1) is 0 Å². The smallest absolute Gasteiger partial charge is 0.122 e. The van der Waals surface area contributed by atoms with Gasteiger partial charge in [0.2, 0.25) is 0 Å². The molecular formula is C18H23N3. The zero-order valence-electron chi connectivity index (χ0n) is 12.9. The van der Waals surface area contributed by atoms with E-state index in [9.17, 15) is 5.26 Å². The molecule has 0 unspecified atom stereocenters. The fourth-order valence-corrected chi connectivity index (χ4v) is 2.58. The van der Waals surface area contributed by atoms with E-state index in [-0.39, 0.29) is 0 Å². The lowest BCUT2D eigenvalue weighted by Gasteiger charge is -2.12. The molecule has 0 radical (unpaired) electrons. The first-order chi connectivity index (χ1) is 10.2. The van der Waals surface area contributed by atoms with Crippen molar-refractivity contribution >= 4 is 5.69 Å². The van der Waals surface area contributed by atoms with E-state index >= 15 is 0 Å². The molecule has 21 heavy (non-hydrogen) atoms. The molecule has 0 fully saturated rings. The number of nitriles is 1. The highest BCUT2D eigenvalue weighted by Gasteiger charge is 2.13. The lowest BCUT2D eigenvalue weighted by atomic mass is 10.1. The summed E-state index contributed by atoms with van der Waals surface area (Å²) in [7, 11) is 0. The summed E-state index contributed by atoms with van der Waals surface area (Å²) in [6.45, 7) is 4.98. The maximum absolute atomic E-state index is 9.32. The Kier molecular flexibility index (Phi) is 5.05. The third kappa shape index (κ3) is 3.66. The van der Waals surface area contributed by atoms with E-state index in [1.807, 2.05) is 0 Å². The average molecular weight is 281 g/mol. The number of unbranched alkanes of at least 4 members (excludes halogenated alkanes) is 2. The zero-order valence-corrected chi connectivity index (χ0v) is 12.9. The highest BCUT2D eigenvalue weighted by atomic mass is 15.0. The van der Waals surface area contributed by atoms with E-state index < -0.39 is 0 Å². The third-order valence-corrected chi connectivity index (χ3v) is 3.84. The molecule has 2 aromatic rings. The first-order valence-electron chi connectivity index (χ1n) is 7.59. The molecule has 2 rings (SSSR count). The lowest BCUT2D eigenvalue weighted by Crippen LogP contribution is -2.08. The molecule has 3 heteroatoms. The van der Waals surface area contributed by atoms with Crippen molar-refractivity contribution in [2.75, 3.05) is 5.73 Å². The Bertz CT molecular complexity index is 630. The van der Waals surface area contributed by atoms with Crippen LogP contribution >= 0.6 is 0 Å². The number of nitrogens with zero attached hydrogens (tertiary/aromatic N) is 2. The number of nitrogen functional groups attached to an aromatic ring is 1. The highest BCUT2D eigenvalue weighted by Crippen LogP contribution is 2.22. The number of benzene rings is 1. The molecule has 2 N–H and O–H groups in total. The van der Waals surface area contributed by atoms with Crippen molar-refractivity contribution in [2.24, 2.45) is 0 Å². The Balaban J connectivity index is 2.27. The maximum atomic E-state index is 9.32. The van der Waals surface area contributed by atoms with Crippen molar-refractivity contribution in [3.05, 3.63) is 52.8 Å². The summed E-state index contributed by atoms with van der Waals surface area (Å²) in [6.07, 6.45) is 4.43. The van der Waals surface area contributed by atoms with Crippen LogP contribution in [0.25, 0.3) is 0 Å². The van der Waals surface area contributed by atoms with Crippen LogP contribution in [0.2, 0.25) is 0 Å². The van der Waals surface area contributed by atoms with Gasteiger partial charge in [0.25, 0.3) is 0 Å². The molecule has 1 aromatic carbocycles. The molecular weight excluding hydrogens is 258 g/mol. The minimum absolute atomic E-state index is 0.652. The monoisotopic (exact) mass is 281 g/mol. The predicted molar refractivity (Wildman–Crippen MR) is 87.1 cm³/mol. The summed E-state index contributed by atoms with van der Waals surface area (Å²) < 4.78 is 2.07. The van der Waals surface area contributed by atoms with E-state index in [4.69, 9.17) is 5.73 Å². The highest BCUT2D eigenvalue weighted by molar-refractivity contribution is 5.51. The molecule has 0 atom stereocenters. The van der Waals surface area contributed by atoms with Crippen LogP contribution < -0.4 is 5.73 Å². The van der Waals surface area contributed by atoms with Crippen molar-refractivity contribution in [1.82, 2.24) is 4.57 Å². The Morgan fingerprint density at radius 3 is 2.52 bits per heavy atom. The quantitative estimate of drug-likeness (QED) is 0.813. The fraction of sp³-hybridized carbons (Fsp3) is 0.389. The minimum Gasteiger partial charge on any atom is -0.397 e. The molecule has 1 aromatic heterocycles. The molecule has 1 heterocycles. The molecule has 0 bridgehead atoms. The number of hydrogen-bond donors (Lipinski definition) is 1. The van der Waals surface area contributed by atoms with Gasteiger partial charge >= 0.3 is 0 Å². The van der Waals surface area contributed by atoms with Gasteiger partial charge in [0.1, 0.15) is 11.8 Å². The summed E-state index contributed by atoms with van der Waals surface area (Å²) in [5, 5.41) is 9.32. The van der Waals surface area contributed by atoms with Crippen LogP contribution in [0.3, 0.4) is 0 Å². The standard InChI is InChI=1S/C18H23N3/c1-3-4-5-6-18-17(20)11-16(12-19)21(18)13-15-9-7-14(2)8-10-15/h7-11H,3-6,13,20H2,1-2H3. The zero-order chi connectivity index (χ0) is 15.2. The van der Waals surface area contributed by atoms with Crippen molar-refractivity contribution in [2.45, 2.75) is 46.1 Å². The topological polar surface area (TPSA) is 54.7 Å². The third-order valence-electron chi connectivity index (χ3n) is 3.84. The molecule has 0 aliphatic rings. The Hall–Kier alpha value is -2.21. The number of anilines is 1. The molecule has 0 aliphatic heterocycles. The predicted octanol–water partition coefficient (Wildman–Crippen LogP) is 4.03. The van der Waals surface area contributed by atoms with Crippen LogP contribution in [0.1, 0.15) is 48.7 Å². The van der Waals surface area contributed by atoms with E-state index in [1.165, 1.54) is 24.0 Å². The van der Waals surface area contributed by atoms with Crippen LogP contribution in [-0.4, -0.2) is 4.57 Å². The van der Waals surface area contributed by atoms with Crippen LogP contribution in [-0.2, 0) is 13.0 Å². The number of aryl methyl sites for hydroxylation is 1. The molecule has 0 saturated heterocycles. The number of hydrogen-bond acceptors (Lipinski definition) is 2. The van der Waals surface area contributed by atoms with Crippen LogP contribution in [0.5, 0.6) is 0 Å². The van der Waals surface area contributed by atoms with E-state index in [1.54, 1.807) is 6.07 Å². The van der Waals surface area contributed by atoms with Gasteiger partial charge in [0.05, 0.1) is 5.69 Å². The molecule has 0 amide bonds. The van der Waals surface area contributed by atoms with Crippen LogP contribution in [0.4, 0.5) is 5.69 Å². The average Bonchev–Trinajstić information content (AvgIpc) is 2.78. The van der Waals surface area contributed by atoms with Crippen LogP contribution in [0, 0.1) is 18.3 Å². The van der Waals surface area contributed by atoms with Crippen molar-refractivity contribution < 1.29 is 0 Å². The molecule has 110 valence electrons. The van der Waals surface area contributed by atoms with Crippen molar-refractivity contribution in [3.63, 3.8) is 0 Å². The van der Waals surface area contributed by atoms with E-state index in [2.05, 4.69) is 48.7 Å². The first-order valence-corrected chi connectivity index (χ1v) is 7.59. The second-order valence-electron chi connectivity index (χ2n) is 5.57. The van der Waals surface area contributed by atoms with E-state index in [0.29, 0.717) is 12.2 Å². The molecule has 3 nitrogen and oxygen atoms in total. The molecule has 0 spiro atoms. The lowest BCUT2D eigenvalue weighted by molar-refractivity contribution is 0.665. The second kappa shape index (κ2) is 6.99. The van der Waals surface area contributed by atoms with Crippen molar-refractivity contribution in [1.29, 1.82) is 5.26 Å². The molecule has 0 saturated carbocycles. The van der Waals surface area contributed by atoms with Gasteiger partial charge in [-0.05, 0) is 31.4 Å². The Labute approximate surface area is 127 Å². The van der Waals surface area contributed by atoms with Gasteiger partial charge in [-0.3, -0.25) is 0 Å². The van der Waals surface area contributed by atoms with Gasteiger partial charge in [0.15, 0.2) is 0 Å². The first kappa shape index (κ1) is 15.2. The van der Waals surface area contributed by atoms with Gasteiger partial charge in [-0.1, -0.05) is 49.6 Å². The summed E-state index contributed by atoms with van der Waals surface area (Å²) >= 11 is 0. The minimum atomic E-state index is 0.652. The number of aromatic nitrogens is 1. The van der Waals surface area contributed by atoms with Crippen molar-refractivity contribution in [3.8, 4) is 6.07 Å². The summed E-state index contributed by atoms with van der Waals surface area (Å²) in [5.74, 6) is 0. The van der Waals surface area contributed by atoms with Gasteiger partial charge in [-0.25, -0.2) is 0 Å². The summed E-state index contributed by atoms with van der Waals surface area (Å²) in [6, 6.07) is 12.5. The second-order valence-corrected chi connectivity index (χ2v) is 5.57. The van der Waals surface area contributed by atoms with Gasteiger partial charge in [0, 0.05) is 12.2 Å². The van der Waals surface area contributed by atoms with Crippen LogP contribution in [0.15, 0.2) is 30.3 Å². The fourth-order valence-electron chi connectivity index (χ4n) is 2.58. The normalized spacial score (nSPS) is 10.5. The number of rotatable bonds is 6. The molecule has 0 aliphatic carbocycles.